The van der Waals surface area contributed by atoms with E-state index in [2.05, 4.69) is 4.98 Å². The Balaban J connectivity index is 1.92. The molecule has 2 aromatic rings. The second-order valence-corrected chi connectivity index (χ2v) is 4.59. The van der Waals surface area contributed by atoms with Crippen LogP contribution in [0.1, 0.15) is 10.6 Å². The van der Waals surface area contributed by atoms with Gasteiger partial charge in [0.25, 0.3) is 0 Å². The van der Waals surface area contributed by atoms with Crippen LogP contribution in [-0.4, -0.2) is 16.2 Å². The Hall–Kier alpha value is -1.26. The number of thiazole rings is 1. The molecule has 1 unspecified atom stereocenters. The van der Waals surface area contributed by atoms with Crippen molar-refractivity contribution >= 4 is 11.3 Å². The summed E-state index contributed by atoms with van der Waals surface area (Å²) in [4.78, 5) is 4.11. The van der Waals surface area contributed by atoms with Crippen LogP contribution in [-0.2, 0) is 12.8 Å². The molecule has 4 heteroatoms. The summed E-state index contributed by atoms with van der Waals surface area (Å²) < 4.78 is 12.7. The van der Waals surface area contributed by atoms with E-state index in [0.29, 0.717) is 12.8 Å². The zero-order valence-corrected chi connectivity index (χ0v) is 9.45. The molecule has 0 aliphatic carbocycles. The first-order chi connectivity index (χ1) is 7.74. The Morgan fingerprint density at radius 3 is 2.62 bits per heavy atom. The fourth-order valence-corrected chi connectivity index (χ4v) is 2.21. The number of nitrogens with zero attached hydrogens (tertiary/aromatic N) is 1. The van der Waals surface area contributed by atoms with Crippen molar-refractivity contribution in [3.8, 4) is 0 Å². The van der Waals surface area contributed by atoms with E-state index in [1.165, 1.54) is 23.5 Å². The highest BCUT2D eigenvalue weighted by Crippen LogP contribution is 2.11. The molecule has 0 aliphatic rings. The SMILES string of the molecule is OC(Cc1ccc(F)cc1)Cc1nccs1. The summed E-state index contributed by atoms with van der Waals surface area (Å²) >= 11 is 1.53. The number of benzene rings is 1. The molecule has 1 aromatic carbocycles. The molecule has 1 heterocycles. The molecule has 0 fully saturated rings. The first-order valence-corrected chi connectivity index (χ1v) is 5.93. The lowest BCUT2D eigenvalue weighted by atomic mass is 10.1. The van der Waals surface area contributed by atoms with Crippen LogP contribution in [0.3, 0.4) is 0 Å². The summed E-state index contributed by atoms with van der Waals surface area (Å²) in [6.45, 7) is 0. The van der Waals surface area contributed by atoms with Crippen LogP contribution in [0.15, 0.2) is 35.8 Å². The minimum atomic E-state index is -0.461. The third-order valence-electron chi connectivity index (χ3n) is 2.28. The van der Waals surface area contributed by atoms with Crippen molar-refractivity contribution in [2.45, 2.75) is 18.9 Å². The van der Waals surface area contributed by atoms with Crippen molar-refractivity contribution < 1.29 is 9.50 Å². The van der Waals surface area contributed by atoms with Gasteiger partial charge in [-0.25, -0.2) is 9.37 Å². The van der Waals surface area contributed by atoms with Gasteiger partial charge in [0.15, 0.2) is 0 Å². The van der Waals surface area contributed by atoms with E-state index in [4.69, 9.17) is 0 Å². The summed E-state index contributed by atoms with van der Waals surface area (Å²) in [6.07, 6.45) is 2.34. The van der Waals surface area contributed by atoms with E-state index in [0.717, 1.165) is 10.6 Å². The van der Waals surface area contributed by atoms with Crippen molar-refractivity contribution in [3.05, 3.63) is 52.2 Å². The highest BCUT2D eigenvalue weighted by Gasteiger charge is 2.08. The van der Waals surface area contributed by atoms with E-state index >= 15 is 0 Å². The maximum Gasteiger partial charge on any atom is 0.123 e. The second kappa shape index (κ2) is 5.18. The third kappa shape index (κ3) is 3.12. The highest BCUT2D eigenvalue weighted by molar-refractivity contribution is 7.09. The van der Waals surface area contributed by atoms with Crippen LogP contribution in [0, 0.1) is 5.82 Å². The second-order valence-electron chi connectivity index (χ2n) is 3.61. The minimum Gasteiger partial charge on any atom is -0.392 e. The Morgan fingerprint density at radius 1 is 1.25 bits per heavy atom. The number of hydrogen-bond donors (Lipinski definition) is 1. The molecule has 0 spiro atoms. The molecule has 0 saturated heterocycles. The Bertz CT molecular complexity index is 427. The zero-order valence-electron chi connectivity index (χ0n) is 8.64. The molecule has 16 heavy (non-hydrogen) atoms. The normalized spacial score (nSPS) is 12.6. The molecule has 1 aromatic heterocycles. The predicted molar refractivity (Wildman–Crippen MR) is 61.9 cm³/mol. The predicted octanol–water partition coefficient (Wildman–Crippen LogP) is 2.43. The Labute approximate surface area is 97.4 Å². The molecule has 0 radical (unpaired) electrons. The summed E-state index contributed by atoms with van der Waals surface area (Å²) in [7, 11) is 0. The summed E-state index contributed by atoms with van der Waals surface area (Å²) in [5.41, 5.74) is 0.936. The van der Waals surface area contributed by atoms with Crippen molar-refractivity contribution in [1.29, 1.82) is 0 Å². The van der Waals surface area contributed by atoms with Gasteiger partial charge in [-0.15, -0.1) is 11.3 Å². The van der Waals surface area contributed by atoms with Crippen molar-refractivity contribution in [2.24, 2.45) is 0 Å². The fourth-order valence-electron chi connectivity index (χ4n) is 1.52. The average Bonchev–Trinajstić information content (AvgIpc) is 2.74. The van der Waals surface area contributed by atoms with Crippen LogP contribution in [0.25, 0.3) is 0 Å². The number of aliphatic hydroxyl groups excluding tert-OH is 1. The van der Waals surface area contributed by atoms with Crippen molar-refractivity contribution in [2.75, 3.05) is 0 Å². The zero-order chi connectivity index (χ0) is 11.4. The van der Waals surface area contributed by atoms with Gasteiger partial charge in [-0.3, -0.25) is 0 Å². The highest BCUT2D eigenvalue weighted by atomic mass is 32.1. The molecule has 0 aliphatic heterocycles. The number of aliphatic hydroxyl groups is 1. The van der Waals surface area contributed by atoms with Gasteiger partial charge in [-0.2, -0.15) is 0 Å². The topological polar surface area (TPSA) is 33.1 Å². The van der Waals surface area contributed by atoms with Crippen LogP contribution >= 0.6 is 11.3 Å². The molecule has 84 valence electrons. The maximum absolute atomic E-state index is 12.7. The van der Waals surface area contributed by atoms with E-state index in [1.54, 1.807) is 18.3 Å². The number of halogens is 1. The summed E-state index contributed by atoms with van der Waals surface area (Å²) in [6, 6.07) is 6.21. The standard InChI is InChI=1S/C12H12FNOS/c13-10-3-1-9(2-4-10)7-11(15)8-12-14-5-6-16-12/h1-6,11,15H,7-8H2. The van der Waals surface area contributed by atoms with Gasteiger partial charge in [0.2, 0.25) is 0 Å². The lowest BCUT2D eigenvalue weighted by Crippen LogP contribution is -2.13. The van der Waals surface area contributed by atoms with Crippen LogP contribution in [0.5, 0.6) is 0 Å². The molecule has 0 amide bonds. The third-order valence-corrected chi connectivity index (χ3v) is 3.08. The summed E-state index contributed by atoms with van der Waals surface area (Å²) in [5, 5.41) is 12.6. The van der Waals surface area contributed by atoms with E-state index in [-0.39, 0.29) is 5.82 Å². The smallest absolute Gasteiger partial charge is 0.123 e. The molecule has 2 nitrogen and oxygen atoms in total. The largest absolute Gasteiger partial charge is 0.392 e. The molecule has 0 saturated carbocycles. The number of rotatable bonds is 4. The van der Waals surface area contributed by atoms with Gasteiger partial charge in [0.1, 0.15) is 5.82 Å². The van der Waals surface area contributed by atoms with Crippen LogP contribution in [0.4, 0.5) is 4.39 Å². The summed E-state index contributed by atoms with van der Waals surface area (Å²) in [5.74, 6) is -0.252. The Kier molecular flexibility index (Phi) is 3.64. The lowest BCUT2D eigenvalue weighted by molar-refractivity contribution is 0.175. The van der Waals surface area contributed by atoms with Crippen molar-refractivity contribution in [3.63, 3.8) is 0 Å². The number of aromatic nitrogens is 1. The number of hydrogen-bond acceptors (Lipinski definition) is 3. The molecule has 1 N–H and O–H groups in total. The van der Waals surface area contributed by atoms with Crippen molar-refractivity contribution in [1.82, 2.24) is 4.98 Å². The van der Waals surface area contributed by atoms with Gasteiger partial charge >= 0.3 is 0 Å². The molecule has 0 bridgehead atoms. The van der Waals surface area contributed by atoms with Crippen LogP contribution in [0.2, 0.25) is 0 Å². The molecular formula is C12H12FNOS. The quantitative estimate of drug-likeness (QED) is 0.886. The van der Waals surface area contributed by atoms with Gasteiger partial charge in [-0.05, 0) is 24.1 Å². The molecular weight excluding hydrogens is 225 g/mol. The van der Waals surface area contributed by atoms with Gasteiger partial charge in [-0.1, -0.05) is 12.1 Å². The first kappa shape index (κ1) is 11.2. The maximum atomic E-state index is 12.7. The Morgan fingerprint density at radius 2 is 2.00 bits per heavy atom. The molecule has 1 atom stereocenters. The lowest BCUT2D eigenvalue weighted by Gasteiger charge is -2.08. The van der Waals surface area contributed by atoms with Gasteiger partial charge < -0.3 is 5.11 Å². The van der Waals surface area contributed by atoms with E-state index in [9.17, 15) is 9.50 Å². The van der Waals surface area contributed by atoms with Crippen LogP contribution < -0.4 is 0 Å². The minimum absolute atomic E-state index is 0.252. The van der Waals surface area contributed by atoms with E-state index < -0.39 is 6.10 Å². The molecule has 2 rings (SSSR count). The van der Waals surface area contributed by atoms with Gasteiger partial charge in [0.05, 0.1) is 11.1 Å². The average molecular weight is 237 g/mol. The first-order valence-electron chi connectivity index (χ1n) is 5.05. The monoisotopic (exact) mass is 237 g/mol. The van der Waals surface area contributed by atoms with E-state index in [1.807, 2.05) is 5.38 Å². The fraction of sp³-hybridized carbons (Fsp3) is 0.250. The van der Waals surface area contributed by atoms with Gasteiger partial charge in [0, 0.05) is 18.0 Å².